The number of nitrogens with one attached hydrogen (secondary N) is 2. The number of nitrogens with zero attached hydrogens (tertiary/aromatic N) is 15. The quantitative estimate of drug-likeness (QED) is 0.0526. The molecule has 27 heteroatoms. The number of fused-ring (bicyclic) bond motifs is 6. The van der Waals surface area contributed by atoms with Crippen LogP contribution in [0.15, 0.2) is 189 Å². The fourth-order valence-corrected chi connectivity index (χ4v) is 19.5. The second kappa shape index (κ2) is 34.0. The average molecular weight is 1600 g/mol. The summed E-state index contributed by atoms with van der Waals surface area (Å²) in [7, 11) is 0. The van der Waals surface area contributed by atoms with Gasteiger partial charge >= 0.3 is 41.7 Å². The first-order chi connectivity index (χ1) is 51.8. The third-order valence-electron chi connectivity index (χ3n) is 22.5. The van der Waals surface area contributed by atoms with Gasteiger partial charge in [0, 0.05) is 156 Å². The van der Waals surface area contributed by atoms with Crippen molar-refractivity contribution in [1.82, 2.24) is 68.7 Å². The van der Waals surface area contributed by atoms with Crippen molar-refractivity contribution in [2.45, 2.75) is 187 Å². The molecule has 18 rings (SSSR count). The average Bonchev–Trinajstić information content (AvgIpc) is 1.70. The maximum absolute atomic E-state index is 12.5. The van der Waals surface area contributed by atoms with E-state index in [0.717, 1.165) is 203 Å². The number of piperidine rings is 3. The molecule has 3 saturated carbocycles. The molecule has 3 spiro atoms. The van der Waals surface area contributed by atoms with Crippen LogP contribution in [-0.2, 0) is 23.0 Å². The fourth-order valence-electron chi connectivity index (χ4n) is 17.1. The Morgan fingerprint density at radius 2 is 0.872 bits per heavy atom. The van der Waals surface area contributed by atoms with Crippen molar-refractivity contribution < 1.29 is 48.6 Å². The summed E-state index contributed by atoms with van der Waals surface area (Å²) in [5, 5.41) is 9.80. The summed E-state index contributed by atoms with van der Waals surface area (Å²) in [5.41, 5.74) is 11.8. The Bertz CT molecular complexity index is 5130. The van der Waals surface area contributed by atoms with Crippen LogP contribution < -0.4 is 60.6 Å². The second-order valence-corrected chi connectivity index (χ2v) is 34.3. The zero-order chi connectivity index (χ0) is 73.9. The molecular formula is C82H95BrN18NaO4S3-. The van der Waals surface area contributed by atoms with Gasteiger partial charge in [0.1, 0.15) is 11.2 Å². The second-order valence-electron chi connectivity index (χ2n) is 31.3. The van der Waals surface area contributed by atoms with E-state index in [1.54, 1.807) is 42.1 Å². The molecule has 564 valence electrons. The minimum absolute atomic E-state index is 0. The number of carbonyl (C=O) groups is 2. The Hall–Kier alpha value is -7.82. The zero-order valence-electron chi connectivity index (χ0n) is 63.2. The van der Waals surface area contributed by atoms with Gasteiger partial charge < -0.3 is 64.5 Å². The van der Waals surface area contributed by atoms with Gasteiger partial charge in [0.25, 0.3) is 0 Å². The number of pyridine rings is 3. The molecular weight excluding hydrogens is 1500 g/mol. The van der Waals surface area contributed by atoms with Crippen LogP contribution in [0.1, 0.15) is 138 Å². The Morgan fingerprint density at radius 3 is 1.32 bits per heavy atom. The van der Waals surface area contributed by atoms with Crippen LogP contribution in [0.2, 0.25) is 0 Å². The third kappa shape index (κ3) is 17.6. The summed E-state index contributed by atoms with van der Waals surface area (Å²) < 4.78 is 18.4. The van der Waals surface area contributed by atoms with Crippen molar-refractivity contribution in [1.29, 1.82) is 0 Å². The van der Waals surface area contributed by atoms with E-state index in [1.165, 1.54) is 24.2 Å². The topological polar surface area (TPSA) is 242 Å². The summed E-state index contributed by atoms with van der Waals surface area (Å²) in [6.07, 6.45) is 38.8. The van der Waals surface area contributed by atoms with Gasteiger partial charge in [-0.05, 0) is 177 Å². The molecule has 4 N–H and O–H groups in total. The minimum Gasteiger partial charge on any atom is -0.813 e. The molecule has 3 saturated heterocycles. The van der Waals surface area contributed by atoms with E-state index in [4.69, 9.17) is 30.2 Å². The van der Waals surface area contributed by atoms with Gasteiger partial charge in [-0.2, -0.15) is 0 Å². The van der Waals surface area contributed by atoms with E-state index < -0.39 is 11.2 Å². The normalized spacial score (nSPS) is 19.2. The molecule has 3 aliphatic carbocycles. The number of amides is 2. The molecule has 6 fully saturated rings. The number of hydrogen-bond donors (Lipinski definition) is 3. The van der Waals surface area contributed by atoms with Gasteiger partial charge in [-0.25, -0.2) is 29.5 Å². The summed E-state index contributed by atoms with van der Waals surface area (Å²) in [6.45, 7) is 17.1. The van der Waals surface area contributed by atoms with E-state index in [9.17, 15) is 9.59 Å². The van der Waals surface area contributed by atoms with Crippen molar-refractivity contribution in [2.24, 2.45) is 22.0 Å². The van der Waals surface area contributed by atoms with Crippen LogP contribution in [0.25, 0.3) is 49.7 Å². The molecule has 12 heterocycles. The maximum Gasteiger partial charge on any atom is 1.00 e. The predicted molar refractivity (Wildman–Crippen MR) is 435 cm³/mol. The molecule has 3 aromatic carbocycles. The van der Waals surface area contributed by atoms with E-state index in [2.05, 4.69) is 110 Å². The number of ether oxygens (including phenoxy) is 2. The molecule has 3 atom stereocenters. The number of alkyl carbamates (subject to hydrolysis) is 2. The largest absolute Gasteiger partial charge is 1.00 e. The van der Waals surface area contributed by atoms with Crippen LogP contribution in [0.5, 0.6) is 0 Å². The SMILES string of the molecule is Brc1ccnc2ccccc12.CC(C)(C)OC(=O)N[C@@H]1CCCC12CCN(c1nc[c-]c3nccn13)CC2.CC(C)(C)OC(=O)N[C@@H]1CCCC12CCN(c1ncc(Sc3ccnc4ccccc34)c3nccn13)CC2.N[C@@H]1CCCC12CCN(c1ncc(Sc3ccnc4ccccc34)c3nccn13)CC2.[Na+].[SH-]. The molecule has 12 aromatic rings. The van der Waals surface area contributed by atoms with Gasteiger partial charge in [0.05, 0.1) is 26.3 Å². The van der Waals surface area contributed by atoms with Crippen LogP contribution in [0, 0.1) is 22.3 Å². The Balaban J connectivity index is 0.000000134. The van der Waals surface area contributed by atoms with Crippen LogP contribution in [-0.4, -0.2) is 139 Å². The summed E-state index contributed by atoms with van der Waals surface area (Å²) >= 11 is 6.83. The van der Waals surface area contributed by atoms with Gasteiger partial charge in [0.15, 0.2) is 11.3 Å². The Labute approximate surface area is 683 Å². The van der Waals surface area contributed by atoms with Gasteiger partial charge in [-0.1, -0.05) is 113 Å². The van der Waals surface area contributed by atoms with Gasteiger partial charge in [-0.15, -0.1) is 6.20 Å². The predicted octanol–water partition coefficient (Wildman–Crippen LogP) is 13.5. The third-order valence-corrected chi connectivity index (χ3v) is 25.4. The molecule has 0 radical (unpaired) electrons. The molecule has 2 amide bonds. The fraction of sp³-hybridized carbons (Fsp3) is 0.427. The molecule has 109 heavy (non-hydrogen) atoms. The number of nitrogens with two attached hydrogens (primary N) is 1. The number of aromatic nitrogens is 12. The molecule has 0 unspecified atom stereocenters. The van der Waals surface area contributed by atoms with E-state index in [1.807, 2.05) is 168 Å². The maximum atomic E-state index is 12.5. The summed E-state index contributed by atoms with van der Waals surface area (Å²) in [5.74, 6) is 2.83. The molecule has 3 aliphatic heterocycles. The Kier molecular flexibility index (Phi) is 24.7. The molecule has 0 bridgehead atoms. The molecule has 9 aromatic heterocycles. The number of imidazole rings is 3. The number of benzene rings is 3. The number of para-hydroxylation sites is 3. The first-order valence-electron chi connectivity index (χ1n) is 37.6. The monoisotopic (exact) mass is 1590 g/mol. The molecule has 22 nitrogen and oxygen atoms in total. The zero-order valence-corrected chi connectivity index (χ0v) is 69.3. The number of anilines is 3. The van der Waals surface area contributed by atoms with E-state index in [0.29, 0.717) is 11.5 Å². The van der Waals surface area contributed by atoms with Crippen molar-refractivity contribution in [3.05, 3.63) is 176 Å². The Morgan fingerprint density at radius 1 is 0.477 bits per heavy atom. The van der Waals surface area contributed by atoms with Crippen molar-refractivity contribution >= 4 is 133 Å². The number of thiol groups is 1. The van der Waals surface area contributed by atoms with Crippen molar-refractivity contribution in [3.8, 4) is 0 Å². The standard InChI is InChI=1S/C29H34N6O2S.C24H26N6S.C20H28N5O2.C9H6BrN.Na.H2S/c1-28(2,3)37-27(36)33-24-9-6-11-29(24)12-16-34(17-13-29)26-32-19-23(25-31-15-18-35(25)26)38-22-10-14-30-21-8-5-4-7-20(21)22;25-21-6-3-8-24(21)9-13-29(14-10-24)23-28-16-20(22-27-12-15-30(22)23)31-19-7-11-26-18-5-2-1-4-17(18)19;1-19(2,3)27-18(26)23-15-5-4-7-20(15)8-12-24(13-9-20)17-22-10-6-16-21-11-14-25(16)17;10-8-5-6-11-9-4-2-1-3-7(8)9;;/h4-5,7-8,10,14-15,18-19,24H,6,9,11-13,16-17H2,1-3H3,(H,33,36);1-2,4-5,7,11-12,15-16,21H,3,6,8-10,13-14,25H2;10-11,14-15H,4-5,7-9,12-13H2,1-3H3,(H,23,26);1-6H;;1H2/q;;-1;;+1;/p-1/t24-;21-;15-;;;/m111.../s1. The number of carbonyl (C=O) groups excluding carboxylic acids is 2. The first-order valence-corrected chi connectivity index (χ1v) is 40.1. The smallest absolute Gasteiger partial charge is 0.813 e. The summed E-state index contributed by atoms with van der Waals surface area (Å²) in [4.78, 5) is 77.4. The van der Waals surface area contributed by atoms with Crippen LogP contribution in [0.3, 0.4) is 0 Å². The number of halogens is 1. The summed E-state index contributed by atoms with van der Waals surface area (Å²) in [6, 6.07) is 34.3. The van der Waals surface area contributed by atoms with Crippen molar-refractivity contribution in [2.75, 3.05) is 54.0 Å². The number of hydrogen-bond acceptors (Lipinski definition) is 20. The van der Waals surface area contributed by atoms with E-state index >= 15 is 0 Å². The minimum atomic E-state index is -0.490. The first kappa shape index (κ1) is 79.3. The number of rotatable bonds is 9. The van der Waals surface area contributed by atoms with Crippen LogP contribution in [0.4, 0.5) is 27.4 Å². The van der Waals surface area contributed by atoms with Gasteiger partial charge in [-0.3, -0.25) is 33.7 Å². The molecule has 6 aliphatic rings. The van der Waals surface area contributed by atoms with Crippen LogP contribution >= 0.6 is 39.5 Å². The van der Waals surface area contributed by atoms with Gasteiger partial charge in [0.2, 0.25) is 17.8 Å². The van der Waals surface area contributed by atoms with Crippen molar-refractivity contribution in [3.63, 3.8) is 0 Å². The van der Waals surface area contributed by atoms with E-state index in [-0.39, 0.29) is 78.2 Å².